The van der Waals surface area contributed by atoms with Gasteiger partial charge in [-0.15, -0.1) is 5.54 Å². The zero-order chi connectivity index (χ0) is 12.1. The largest absolute Gasteiger partial charge is 0.260 e. The Labute approximate surface area is 103 Å². The van der Waals surface area contributed by atoms with Gasteiger partial charge in [0.15, 0.2) is 8.07 Å². The molecule has 0 amide bonds. The molecule has 1 heterocycles. The fraction of sp³-hybridized carbons (Fsp3) is 0.143. The molecule has 0 aliphatic heterocycles. The quantitative estimate of drug-likeness (QED) is 0.561. The van der Waals surface area contributed by atoms with Gasteiger partial charge in [0, 0.05) is 12.4 Å². The summed E-state index contributed by atoms with van der Waals surface area (Å²) in [6.07, 6.45) is 5.02. The van der Waals surface area contributed by atoms with Crippen molar-refractivity contribution < 1.29 is 0 Å². The molecule has 0 bridgehead atoms. The Morgan fingerprint density at radius 3 is 2.47 bits per heavy atom. The first-order chi connectivity index (χ1) is 8.18. The van der Waals surface area contributed by atoms with Crippen LogP contribution in [0, 0.1) is 11.5 Å². The fourth-order valence-electron chi connectivity index (χ4n) is 1.51. The van der Waals surface area contributed by atoms with Crippen molar-refractivity contribution in [2.45, 2.75) is 13.1 Å². The molecule has 2 nitrogen and oxygen atoms in total. The number of rotatable bonds is 1. The van der Waals surface area contributed by atoms with Gasteiger partial charge < -0.3 is 0 Å². The van der Waals surface area contributed by atoms with Crippen LogP contribution in [0.2, 0.25) is 13.1 Å². The topological polar surface area (TPSA) is 25.8 Å². The van der Waals surface area contributed by atoms with Crippen LogP contribution in [0.4, 0.5) is 0 Å². The van der Waals surface area contributed by atoms with E-state index < -0.39 is 8.07 Å². The highest BCUT2D eigenvalue weighted by Crippen LogP contribution is 2.01. The first kappa shape index (κ1) is 11.6. The number of nitrogens with zero attached hydrogens (tertiary/aromatic N) is 2. The molecular weight excluding hydrogens is 224 g/mol. The molecule has 0 N–H and O–H groups in total. The van der Waals surface area contributed by atoms with E-state index in [-0.39, 0.29) is 0 Å². The summed E-state index contributed by atoms with van der Waals surface area (Å²) in [6, 6.07) is 10.5. The van der Waals surface area contributed by atoms with Crippen molar-refractivity contribution in [1.29, 1.82) is 0 Å². The van der Waals surface area contributed by atoms with Gasteiger partial charge in [-0.25, -0.2) is 4.98 Å². The van der Waals surface area contributed by atoms with Crippen LogP contribution in [0.1, 0.15) is 5.69 Å². The maximum absolute atomic E-state index is 4.16. The van der Waals surface area contributed by atoms with Gasteiger partial charge in [0.25, 0.3) is 0 Å². The van der Waals surface area contributed by atoms with Crippen LogP contribution < -0.4 is 5.19 Å². The van der Waals surface area contributed by atoms with Gasteiger partial charge >= 0.3 is 0 Å². The van der Waals surface area contributed by atoms with Gasteiger partial charge in [-0.3, -0.25) is 4.98 Å². The second kappa shape index (κ2) is 4.94. The number of aromatic nitrogens is 2. The minimum absolute atomic E-state index is 0.740. The van der Waals surface area contributed by atoms with Crippen molar-refractivity contribution in [3.63, 3.8) is 0 Å². The molecule has 0 radical (unpaired) electrons. The van der Waals surface area contributed by atoms with E-state index in [1.807, 2.05) is 6.07 Å². The van der Waals surface area contributed by atoms with Gasteiger partial charge in [0.1, 0.15) is 5.69 Å². The fourth-order valence-corrected chi connectivity index (χ4v) is 3.12. The van der Waals surface area contributed by atoms with Crippen molar-refractivity contribution in [1.82, 2.24) is 9.97 Å². The molecule has 1 aromatic heterocycles. The summed E-state index contributed by atoms with van der Waals surface area (Å²) in [5.74, 6) is 3.12. The van der Waals surface area contributed by atoms with Gasteiger partial charge in [0.2, 0.25) is 0 Å². The third-order valence-electron chi connectivity index (χ3n) is 2.56. The Hall–Kier alpha value is -1.92. The average Bonchev–Trinajstić information content (AvgIpc) is 2.39. The average molecular weight is 238 g/mol. The molecule has 3 heteroatoms. The van der Waals surface area contributed by atoms with Crippen molar-refractivity contribution in [3.05, 3.63) is 54.6 Å². The monoisotopic (exact) mass is 238 g/mol. The summed E-state index contributed by atoms with van der Waals surface area (Å²) in [4.78, 5) is 8.17. The van der Waals surface area contributed by atoms with E-state index >= 15 is 0 Å². The van der Waals surface area contributed by atoms with Gasteiger partial charge in [-0.1, -0.05) is 49.3 Å². The molecule has 1 aromatic carbocycles. The standard InChI is InChI=1S/C14H14N2Si/c1-17(2,14-6-4-3-5-7-14)11-8-13-12-15-9-10-16-13/h3-7,9-10,12H,1-2H3. The van der Waals surface area contributed by atoms with Crippen LogP contribution in [0.3, 0.4) is 0 Å². The predicted molar refractivity (Wildman–Crippen MR) is 72.5 cm³/mol. The van der Waals surface area contributed by atoms with Gasteiger partial charge in [0.05, 0.1) is 6.20 Å². The van der Waals surface area contributed by atoms with Crippen LogP contribution in [0.5, 0.6) is 0 Å². The SMILES string of the molecule is C[Si](C)(C#Cc1cnccn1)c1ccccc1. The third kappa shape index (κ3) is 3.02. The van der Waals surface area contributed by atoms with E-state index in [0.717, 1.165) is 5.69 Å². The molecule has 0 saturated heterocycles. The number of hydrogen-bond acceptors (Lipinski definition) is 2. The summed E-state index contributed by atoms with van der Waals surface area (Å²) in [6.45, 7) is 4.48. The van der Waals surface area contributed by atoms with E-state index in [1.165, 1.54) is 5.19 Å². The minimum Gasteiger partial charge on any atom is -0.260 e. The molecule has 0 unspecified atom stereocenters. The molecule has 0 saturated carbocycles. The molecule has 0 spiro atoms. The molecule has 84 valence electrons. The van der Waals surface area contributed by atoms with E-state index in [2.05, 4.69) is 58.8 Å². The smallest absolute Gasteiger partial charge is 0.163 e. The van der Waals surface area contributed by atoms with Crippen LogP contribution in [-0.4, -0.2) is 18.0 Å². The zero-order valence-electron chi connectivity index (χ0n) is 10.0. The summed E-state index contributed by atoms with van der Waals surface area (Å²) in [5, 5.41) is 1.34. The summed E-state index contributed by atoms with van der Waals surface area (Å²) in [5.41, 5.74) is 4.12. The molecule has 2 rings (SSSR count). The normalized spacial score (nSPS) is 10.5. The van der Waals surface area contributed by atoms with Crippen molar-refractivity contribution in [2.75, 3.05) is 0 Å². The Bertz CT molecular complexity index is 539. The second-order valence-corrected chi connectivity index (χ2v) is 8.41. The number of hydrogen-bond donors (Lipinski definition) is 0. The second-order valence-electron chi connectivity index (χ2n) is 4.33. The van der Waals surface area contributed by atoms with Crippen LogP contribution in [0.25, 0.3) is 0 Å². The highest BCUT2D eigenvalue weighted by molar-refractivity contribution is 6.96. The van der Waals surface area contributed by atoms with E-state index in [9.17, 15) is 0 Å². The summed E-state index contributed by atoms with van der Waals surface area (Å²) >= 11 is 0. The molecular formula is C14H14N2Si. The summed E-state index contributed by atoms with van der Waals surface area (Å²) < 4.78 is 0. The van der Waals surface area contributed by atoms with Crippen LogP contribution in [0.15, 0.2) is 48.9 Å². The first-order valence-electron chi connectivity index (χ1n) is 5.53. The highest BCUT2D eigenvalue weighted by atomic mass is 28.3. The maximum Gasteiger partial charge on any atom is 0.163 e. The lowest BCUT2D eigenvalue weighted by Gasteiger charge is -2.14. The zero-order valence-corrected chi connectivity index (χ0v) is 11.0. The molecule has 0 aliphatic carbocycles. The van der Waals surface area contributed by atoms with E-state index in [1.54, 1.807) is 18.6 Å². The Kier molecular flexibility index (Phi) is 3.36. The minimum atomic E-state index is -1.69. The Morgan fingerprint density at radius 2 is 1.82 bits per heavy atom. The third-order valence-corrected chi connectivity index (χ3v) is 5.09. The molecule has 0 fully saturated rings. The summed E-state index contributed by atoms with van der Waals surface area (Å²) in [7, 11) is -1.69. The van der Waals surface area contributed by atoms with Gasteiger partial charge in [-0.2, -0.15) is 0 Å². The van der Waals surface area contributed by atoms with Crippen LogP contribution >= 0.6 is 0 Å². The molecule has 0 atom stereocenters. The van der Waals surface area contributed by atoms with Gasteiger partial charge in [-0.05, 0) is 5.19 Å². The van der Waals surface area contributed by atoms with Crippen molar-refractivity contribution in [3.8, 4) is 11.5 Å². The lowest BCUT2D eigenvalue weighted by atomic mass is 10.4. The van der Waals surface area contributed by atoms with Crippen LogP contribution in [-0.2, 0) is 0 Å². The predicted octanol–water partition coefficient (Wildman–Crippen LogP) is 1.98. The Morgan fingerprint density at radius 1 is 1.06 bits per heavy atom. The number of benzene rings is 1. The van der Waals surface area contributed by atoms with E-state index in [0.29, 0.717) is 0 Å². The lowest BCUT2D eigenvalue weighted by molar-refractivity contribution is 1.17. The van der Waals surface area contributed by atoms with E-state index in [4.69, 9.17) is 0 Å². The van der Waals surface area contributed by atoms with Crippen molar-refractivity contribution >= 4 is 13.3 Å². The molecule has 0 aliphatic rings. The highest BCUT2D eigenvalue weighted by Gasteiger charge is 2.20. The lowest BCUT2D eigenvalue weighted by Crippen LogP contribution is -2.39. The molecule has 2 aromatic rings. The van der Waals surface area contributed by atoms with Crippen molar-refractivity contribution in [2.24, 2.45) is 0 Å². The maximum atomic E-state index is 4.16. The molecule has 17 heavy (non-hydrogen) atoms. The first-order valence-corrected chi connectivity index (χ1v) is 8.53. The Balaban J connectivity index is 2.27.